The Hall–Kier alpha value is -2.10. The zero-order valence-electron chi connectivity index (χ0n) is 12.2. The highest BCUT2D eigenvalue weighted by molar-refractivity contribution is 5.83. The Morgan fingerprint density at radius 2 is 1.76 bits per heavy atom. The third kappa shape index (κ3) is 2.84. The lowest BCUT2D eigenvalue weighted by Gasteiger charge is -2.16. The lowest BCUT2D eigenvalue weighted by Crippen LogP contribution is -2.23. The normalized spacial score (nSPS) is 12.7. The fraction of sp³-hybridized carbons (Fsp3) is 0.222. The summed E-state index contributed by atoms with van der Waals surface area (Å²) in [7, 11) is 2.06. The van der Waals surface area contributed by atoms with Gasteiger partial charge in [-0.3, -0.25) is 0 Å². The van der Waals surface area contributed by atoms with Gasteiger partial charge in [-0.1, -0.05) is 48.5 Å². The predicted octanol–water partition coefficient (Wildman–Crippen LogP) is 3.00. The van der Waals surface area contributed by atoms with Crippen LogP contribution >= 0.6 is 0 Å². The minimum Gasteiger partial charge on any atom is -0.394 e. The van der Waals surface area contributed by atoms with Crippen molar-refractivity contribution in [2.45, 2.75) is 12.6 Å². The molecule has 0 amide bonds. The lowest BCUT2D eigenvalue weighted by atomic mass is 10.1. The van der Waals surface area contributed by atoms with E-state index in [1.54, 1.807) is 0 Å². The molecule has 1 atom stereocenters. The minimum atomic E-state index is -0.0369. The number of aromatic nitrogens is 1. The zero-order chi connectivity index (χ0) is 14.7. The zero-order valence-corrected chi connectivity index (χ0v) is 12.2. The summed E-state index contributed by atoms with van der Waals surface area (Å²) < 4.78 is 2.14. The SMILES string of the molecule is Cn1cc(CNC(CO)c2ccccc2)c2ccccc21. The van der Waals surface area contributed by atoms with Gasteiger partial charge in [0.05, 0.1) is 12.6 Å². The van der Waals surface area contributed by atoms with Crippen LogP contribution in [-0.4, -0.2) is 16.3 Å². The number of fused-ring (bicyclic) bond motifs is 1. The maximum atomic E-state index is 9.61. The summed E-state index contributed by atoms with van der Waals surface area (Å²) >= 11 is 0. The second kappa shape index (κ2) is 6.12. The first-order valence-electron chi connectivity index (χ1n) is 7.21. The summed E-state index contributed by atoms with van der Waals surface area (Å²) in [6.07, 6.45) is 2.15. The molecule has 0 saturated carbocycles. The van der Waals surface area contributed by atoms with Crippen molar-refractivity contribution in [3.8, 4) is 0 Å². The van der Waals surface area contributed by atoms with Gasteiger partial charge in [-0.15, -0.1) is 0 Å². The van der Waals surface area contributed by atoms with E-state index in [9.17, 15) is 5.11 Å². The van der Waals surface area contributed by atoms with E-state index in [4.69, 9.17) is 0 Å². The number of rotatable bonds is 5. The smallest absolute Gasteiger partial charge is 0.0626 e. The van der Waals surface area contributed by atoms with Crippen LogP contribution in [0.3, 0.4) is 0 Å². The van der Waals surface area contributed by atoms with Crippen molar-refractivity contribution in [1.82, 2.24) is 9.88 Å². The van der Waals surface area contributed by atoms with Gasteiger partial charge in [-0.05, 0) is 17.2 Å². The summed E-state index contributed by atoms with van der Waals surface area (Å²) in [5.74, 6) is 0. The molecule has 3 heteroatoms. The number of nitrogens with one attached hydrogen (secondary N) is 1. The maximum absolute atomic E-state index is 9.61. The molecule has 2 aromatic carbocycles. The number of hydrogen-bond acceptors (Lipinski definition) is 2. The molecular formula is C18H20N2O. The van der Waals surface area contributed by atoms with Crippen LogP contribution in [0.4, 0.5) is 0 Å². The average Bonchev–Trinajstić information content (AvgIpc) is 2.86. The summed E-state index contributed by atoms with van der Waals surface area (Å²) in [6, 6.07) is 18.4. The van der Waals surface area contributed by atoms with Gasteiger partial charge >= 0.3 is 0 Å². The number of nitrogens with zero attached hydrogens (tertiary/aromatic N) is 1. The summed E-state index contributed by atoms with van der Waals surface area (Å²) in [5, 5.41) is 14.3. The molecule has 2 N–H and O–H groups in total. The fourth-order valence-electron chi connectivity index (χ4n) is 2.77. The van der Waals surface area contributed by atoms with Gasteiger partial charge in [0.25, 0.3) is 0 Å². The average molecular weight is 280 g/mol. The number of aliphatic hydroxyl groups excluding tert-OH is 1. The van der Waals surface area contributed by atoms with Crippen molar-refractivity contribution in [2.75, 3.05) is 6.61 Å². The third-order valence-corrected chi connectivity index (χ3v) is 3.90. The molecule has 3 aromatic rings. The number of aliphatic hydroxyl groups is 1. The quantitative estimate of drug-likeness (QED) is 0.754. The van der Waals surface area contributed by atoms with Crippen LogP contribution in [0.25, 0.3) is 10.9 Å². The van der Waals surface area contributed by atoms with Crippen LogP contribution in [0, 0.1) is 0 Å². The monoisotopic (exact) mass is 280 g/mol. The molecule has 0 aliphatic carbocycles. The Morgan fingerprint density at radius 1 is 1.05 bits per heavy atom. The molecule has 0 fully saturated rings. The second-order valence-electron chi connectivity index (χ2n) is 5.31. The molecular weight excluding hydrogens is 260 g/mol. The van der Waals surface area contributed by atoms with Crippen LogP contribution in [0.2, 0.25) is 0 Å². The van der Waals surface area contributed by atoms with E-state index in [1.165, 1.54) is 16.5 Å². The molecule has 0 radical (unpaired) electrons. The van der Waals surface area contributed by atoms with E-state index in [2.05, 4.69) is 47.4 Å². The van der Waals surface area contributed by atoms with Crippen molar-refractivity contribution in [1.29, 1.82) is 0 Å². The summed E-state index contributed by atoms with van der Waals surface area (Å²) in [4.78, 5) is 0. The first kappa shape index (κ1) is 13.9. The number of benzene rings is 2. The Morgan fingerprint density at radius 3 is 2.52 bits per heavy atom. The largest absolute Gasteiger partial charge is 0.394 e. The van der Waals surface area contributed by atoms with Crippen LogP contribution in [0.1, 0.15) is 17.2 Å². The van der Waals surface area contributed by atoms with E-state index in [-0.39, 0.29) is 12.6 Å². The Bertz CT molecular complexity index is 718. The molecule has 1 unspecified atom stereocenters. The van der Waals surface area contributed by atoms with Crippen molar-refractivity contribution in [2.24, 2.45) is 7.05 Å². The minimum absolute atomic E-state index is 0.0369. The van der Waals surface area contributed by atoms with Gasteiger partial charge < -0.3 is 15.0 Å². The second-order valence-corrected chi connectivity index (χ2v) is 5.31. The molecule has 0 spiro atoms. The molecule has 1 heterocycles. The van der Waals surface area contributed by atoms with Gasteiger partial charge in [0.15, 0.2) is 0 Å². The summed E-state index contributed by atoms with van der Waals surface area (Å²) in [5.41, 5.74) is 3.59. The molecule has 0 aliphatic heterocycles. The van der Waals surface area contributed by atoms with Crippen molar-refractivity contribution < 1.29 is 5.11 Å². The fourth-order valence-corrected chi connectivity index (χ4v) is 2.77. The molecule has 3 rings (SSSR count). The molecule has 0 bridgehead atoms. The van der Waals surface area contributed by atoms with Gasteiger partial charge in [0, 0.05) is 30.7 Å². The standard InChI is InChI=1S/C18H20N2O/c1-20-12-15(16-9-5-6-10-18(16)20)11-19-17(13-21)14-7-3-2-4-8-14/h2-10,12,17,19,21H,11,13H2,1H3. The highest BCUT2D eigenvalue weighted by Gasteiger charge is 2.11. The molecule has 0 saturated heterocycles. The van der Waals surface area contributed by atoms with Crippen molar-refractivity contribution >= 4 is 10.9 Å². The predicted molar refractivity (Wildman–Crippen MR) is 86.0 cm³/mol. The molecule has 0 aliphatic rings. The number of para-hydroxylation sites is 1. The molecule has 108 valence electrons. The Balaban J connectivity index is 1.80. The van der Waals surface area contributed by atoms with E-state index in [0.717, 1.165) is 12.1 Å². The number of hydrogen-bond donors (Lipinski definition) is 2. The van der Waals surface area contributed by atoms with Crippen molar-refractivity contribution in [3.63, 3.8) is 0 Å². The van der Waals surface area contributed by atoms with Gasteiger partial charge in [-0.25, -0.2) is 0 Å². The maximum Gasteiger partial charge on any atom is 0.0626 e. The molecule has 21 heavy (non-hydrogen) atoms. The number of aryl methyl sites for hydroxylation is 1. The van der Waals surface area contributed by atoms with Gasteiger partial charge in [0.2, 0.25) is 0 Å². The Labute approximate surface area is 124 Å². The highest BCUT2D eigenvalue weighted by atomic mass is 16.3. The van der Waals surface area contributed by atoms with E-state index in [0.29, 0.717) is 0 Å². The first-order valence-corrected chi connectivity index (χ1v) is 7.21. The van der Waals surface area contributed by atoms with Crippen LogP contribution in [0.15, 0.2) is 60.8 Å². The summed E-state index contributed by atoms with van der Waals surface area (Å²) in [6.45, 7) is 0.830. The third-order valence-electron chi connectivity index (χ3n) is 3.90. The van der Waals surface area contributed by atoms with E-state index in [1.807, 2.05) is 30.3 Å². The highest BCUT2D eigenvalue weighted by Crippen LogP contribution is 2.21. The van der Waals surface area contributed by atoms with Gasteiger partial charge in [-0.2, -0.15) is 0 Å². The lowest BCUT2D eigenvalue weighted by molar-refractivity contribution is 0.244. The molecule has 3 nitrogen and oxygen atoms in total. The van der Waals surface area contributed by atoms with Crippen LogP contribution < -0.4 is 5.32 Å². The Kier molecular flexibility index (Phi) is 4.04. The first-order chi connectivity index (χ1) is 10.3. The van der Waals surface area contributed by atoms with Crippen molar-refractivity contribution in [3.05, 3.63) is 71.9 Å². The van der Waals surface area contributed by atoms with Crippen LogP contribution in [-0.2, 0) is 13.6 Å². The van der Waals surface area contributed by atoms with Gasteiger partial charge in [0.1, 0.15) is 0 Å². The van der Waals surface area contributed by atoms with Crippen LogP contribution in [0.5, 0.6) is 0 Å². The molecule has 1 aromatic heterocycles. The van der Waals surface area contributed by atoms with E-state index >= 15 is 0 Å². The van der Waals surface area contributed by atoms with E-state index < -0.39 is 0 Å². The topological polar surface area (TPSA) is 37.2 Å².